The molecule has 0 aromatic rings. The predicted molar refractivity (Wildman–Crippen MR) is 45.4 cm³/mol. The first-order valence-corrected chi connectivity index (χ1v) is 4.13. The van der Waals surface area contributed by atoms with Crippen LogP contribution in [0.25, 0.3) is 0 Å². The first-order valence-electron chi connectivity index (χ1n) is 4.13. The molecule has 0 fully saturated rings. The van der Waals surface area contributed by atoms with Crippen LogP contribution in [-0.4, -0.2) is 30.2 Å². The maximum atomic E-state index is 12.4. The Labute approximate surface area is 72.7 Å². The Morgan fingerprint density at radius 3 is 2.58 bits per heavy atom. The van der Waals surface area contributed by atoms with Crippen LogP contribution in [0.5, 0.6) is 0 Å². The van der Waals surface area contributed by atoms with Crippen molar-refractivity contribution in [2.24, 2.45) is 5.73 Å². The molecule has 0 heterocycles. The number of aliphatic hydroxyl groups is 1. The first kappa shape index (κ1) is 11.8. The van der Waals surface area contributed by atoms with Crippen molar-refractivity contribution in [3.05, 3.63) is 0 Å². The van der Waals surface area contributed by atoms with Gasteiger partial charge in [-0.25, -0.2) is 4.39 Å². The summed E-state index contributed by atoms with van der Waals surface area (Å²) in [5.41, 5.74) is 4.87. The molecular weight excluding hydrogens is 161 g/mol. The van der Waals surface area contributed by atoms with Crippen molar-refractivity contribution in [1.82, 2.24) is 0 Å². The topological polar surface area (TPSA) is 55.5 Å². The summed E-state index contributed by atoms with van der Waals surface area (Å²) in [6.07, 6.45) is -0.218. The van der Waals surface area contributed by atoms with Crippen LogP contribution in [0.2, 0.25) is 0 Å². The smallest absolute Gasteiger partial charge is 0.123 e. The van der Waals surface area contributed by atoms with Crippen molar-refractivity contribution < 1.29 is 14.2 Å². The normalized spacial score (nSPS) is 14.8. The molecule has 0 aliphatic heterocycles. The third-order valence-corrected chi connectivity index (χ3v) is 1.33. The van der Waals surface area contributed by atoms with Crippen molar-refractivity contribution in [3.63, 3.8) is 0 Å². The van der Waals surface area contributed by atoms with Crippen LogP contribution in [0.15, 0.2) is 0 Å². The van der Waals surface area contributed by atoms with Crippen molar-refractivity contribution >= 4 is 0 Å². The maximum absolute atomic E-state index is 12.4. The molecule has 1 atom stereocenters. The zero-order chi connectivity index (χ0) is 9.61. The molecule has 12 heavy (non-hydrogen) atoms. The Kier molecular flexibility index (Phi) is 5.37. The summed E-state index contributed by atoms with van der Waals surface area (Å²) < 4.78 is 17.6. The van der Waals surface area contributed by atoms with E-state index in [4.69, 9.17) is 15.6 Å². The molecule has 0 aromatic carbocycles. The van der Waals surface area contributed by atoms with Gasteiger partial charge in [0.1, 0.15) is 11.9 Å². The zero-order valence-electron chi connectivity index (χ0n) is 7.72. The standard InChI is InChI=1S/C8H18FNO2/c1-8(2,10)12-5-3-4-7(9)6-11/h7,11H,3-6,10H2,1-2H3. The van der Waals surface area contributed by atoms with E-state index >= 15 is 0 Å². The second-order valence-corrected chi connectivity index (χ2v) is 3.37. The number of nitrogens with two attached hydrogens (primary N) is 1. The largest absolute Gasteiger partial charge is 0.393 e. The molecule has 3 nitrogen and oxygen atoms in total. The van der Waals surface area contributed by atoms with E-state index in [0.29, 0.717) is 19.4 Å². The minimum Gasteiger partial charge on any atom is -0.393 e. The highest BCUT2D eigenvalue weighted by molar-refractivity contribution is 4.58. The molecule has 0 aliphatic carbocycles. The summed E-state index contributed by atoms with van der Waals surface area (Å²) in [5.74, 6) is 0. The lowest BCUT2D eigenvalue weighted by Crippen LogP contribution is -2.35. The highest BCUT2D eigenvalue weighted by Gasteiger charge is 2.10. The van der Waals surface area contributed by atoms with Crippen LogP contribution < -0.4 is 5.73 Å². The number of halogens is 1. The maximum Gasteiger partial charge on any atom is 0.123 e. The minimum absolute atomic E-state index is 0.326. The molecule has 74 valence electrons. The molecule has 0 radical (unpaired) electrons. The van der Waals surface area contributed by atoms with E-state index in [0.717, 1.165) is 0 Å². The number of rotatable bonds is 6. The molecule has 0 saturated carbocycles. The first-order chi connectivity index (χ1) is 5.45. The van der Waals surface area contributed by atoms with Crippen molar-refractivity contribution in [1.29, 1.82) is 0 Å². The molecule has 3 N–H and O–H groups in total. The molecule has 0 aromatic heterocycles. The van der Waals surface area contributed by atoms with Gasteiger partial charge in [0.25, 0.3) is 0 Å². The van der Waals surface area contributed by atoms with Crippen LogP contribution in [-0.2, 0) is 4.74 Å². The molecule has 0 amide bonds. The van der Waals surface area contributed by atoms with Crippen LogP contribution in [0.1, 0.15) is 26.7 Å². The van der Waals surface area contributed by atoms with Gasteiger partial charge >= 0.3 is 0 Å². The summed E-state index contributed by atoms with van der Waals surface area (Å²) in [6.45, 7) is 3.51. The van der Waals surface area contributed by atoms with E-state index in [1.807, 2.05) is 0 Å². The average Bonchev–Trinajstić information content (AvgIpc) is 1.96. The second-order valence-electron chi connectivity index (χ2n) is 3.37. The van der Waals surface area contributed by atoms with Gasteiger partial charge in [-0.15, -0.1) is 0 Å². The number of ether oxygens (including phenoxy) is 1. The zero-order valence-corrected chi connectivity index (χ0v) is 7.72. The Morgan fingerprint density at radius 2 is 2.17 bits per heavy atom. The molecule has 0 bridgehead atoms. The average molecular weight is 179 g/mol. The second kappa shape index (κ2) is 5.45. The van der Waals surface area contributed by atoms with Crippen LogP contribution in [0, 0.1) is 0 Å². The van der Waals surface area contributed by atoms with Gasteiger partial charge in [-0.05, 0) is 26.7 Å². The van der Waals surface area contributed by atoms with Crippen LogP contribution >= 0.6 is 0 Å². The van der Waals surface area contributed by atoms with E-state index < -0.39 is 18.5 Å². The molecule has 0 aliphatic rings. The Morgan fingerprint density at radius 1 is 1.58 bits per heavy atom. The van der Waals surface area contributed by atoms with Gasteiger partial charge in [0.15, 0.2) is 0 Å². The third-order valence-electron chi connectivity index (χ3n) is 1.33. The van der Waals surface area contributed by atoms with Gasteiger partial charge in [0.2, 0.25) is 0 Å². The van der Waals surface area contributed by atoms with Crippen molar-refractivity contribution in [3.8, 4) is 0 Å². The summed E-state index contributed by atoms with van der Waals surface area (Å²) in [6, 6.07) is 0. The molecule has 4 heteroatoms. The monoisotopic (exact) mass is 179 g/mol. The fourth-order valence-electron chi connectivity index (χ4n) is 0.731. The van der Waals surface area contributed by atoms with E-state index in [1.54, 1.807) is 13.8 Å². The molecule has 0 saturated heterocycles. The van der Waals surface area contributed by atoms with E-state index in [2.05, 4.69) is 0 Å². The van der Waals surface area contributed by atoms with Gasteiger partial charge in [-0.3, -0.25) is 0 Å². The molecular formula is C8H18FNO2. The lowest BCUT2D eigenvalue weighted by molar-refractivity contribution is -0.0167. The van der Waals surface area contributed by atoms with Gasteiger partial charge in [-0.2, -0.15) is 0 Å². The van der Waals surface area contributed by atoms with Crippen molar-refractivity contribution in [2.45, 2.75) is 38.6 Å². The van der Waals surface area contributed by atoms with Crippen LogP contribution in [0.3, 0.4) is 0 Å². The van der Waals surface area contributed by atoms with Gasteiger partial charge in [0.05, 0.1) is 6.61 Å². The lowest BCUT2D eigenvalue weighted by Gasteiger charge is -2.19. The van der Waals surface area contributed by atoms with E-state index in [-0.39, 0.29) is 0 Å². The van der Waals surface area contributed by atoms with Gasteiger partial charge in [0, 0.05) is 6.61 Å². The summed E-state index contributed by atoms with van der Waals surface area (Å²) in [4.78, 5) is 0. The van der Waals surface area contributed by atoms with E-state index in [9.17, 15) is 4.39 Å². The Hall–Kier alpha value is -0.190. The van der Waals surface area contributed by atoms with Crippen molar-refractivity contribution in [2.75, 3.05) is 13.2 Å². The molecule has 0 rings (SSSR count). The number of alkyl halides is 1. The van der Waals surface area contributed by atoms with Gasteiger partial charge < -0.3 is 15.6 Å². The van der Waals surface area contributed by atoms with E-state index in [1.165, 1.54) is 0 Å². The minimum atomic E-state index is -1.13. The number of aliphatic hydroxyl groups excluding tert-OH is 1. The highest BCUT2D eigenvalue weighted by atomic mass is 19.1. The quantitative estimate of drug-likeness (QED) is 0.468. The highest BCUT2D eigenvalue weighted by Crippen LogP contribution is 2.04. The Balaban J connectivity index is 3.22. The summed E-state index contributed by atoms with van der Waals surface area (Å²) >= 11 is 0. The number of hydrogen-bond donors (Lipinski definition) is 2. The summed E-state index contributed by atoms with van der Waals surface area (Å²) in [7, 11) is 0. The SMILES string of the molecule is CC(C)(N)OCCCC(F)CO. The molecule has 0 spiro atoms. The molecule has 1 unspecified atom stereocenters. The van der Waals surface area contributed by atoms with Crippen LogP contribution in [0.4, 0.5) is 4.39 Å². The fraction of sp³-hybridized carbons (Fsp3) is 1.00. The Bertz CT molecular complexity index is 114. The lowest BCUT2D eigenvalue weighted by atomic mass is 10.2. The third kappa shape index (κ3) is 7.91. The van der Waals surface area contributed by atoms with Gasteiger partial charge in [-0.1, -0.05) is 0 Å². The number of hydrogen-bond acceptors (Lipinski definition) is 3. The predicted octanol–water partition coefficient (Wildman–Crippen LogP) is 0.808. The fourth-order valence-corrected chi connectivity index (χ4v) is 0.731. The summed E-state index contributed by atoms with van der Waals surface area (Å²) in [5, 5.41) is 8.35.